The Balaban J connectivity index is 3.80. The van der Waals surface area contributed by atoms with E-state index in [9.17, 15) is 0 Å². The number of allylic oxidation sites excluding steroid dienone is 3. The Bertz CT molecular complexity index is 126. The fraction of sp³-hybridized carbons (Fsp3) is 0. The van der Waals surface area contributed by atoms with Gasteiger partial charge in [-0.2, -0.15) is 0 Å². The van der Waals surface area contributed by atoms with Crippen molar-refractivity contribution in [2.24, 2.45) is 5.73 Å². The van der Waals surface area contributed by atoms with Gasteiger partial charge in [-0.3, -0.25) is 0 Å². The van der Waals surface area contributed by atoms with Crippen LogP contribution in [0.3, 0.4) is 0 Å². The van der Waals surface area contributed by atoms with Gasteiger partial charge in [0.2, 0.25) is 0 Å². The highest BCUT2D eigenvalue weighted by Gasteiger charge is 1.69. The molecule has 0 fully saturated rings. The number of hydrogen-bond acceptors (Lipinski definition) is 1. The van der Waals surface area contributed by atoms with Crippen molar-refractivity contribution < 1.29 is 0 Å². The Kier molecular flexibility index (Phi) is 2.54. The summed E-state index contributed by atoms with van der Waals surface area (Å²) >= 11 is 0. The zero-order valence-electron chi connectivity index (χ0n) is 4.02. The topological polar surface area (TPSA) is 26.0 Å². The molecule has 0 aliphatic rings. The molecule has 0 aliphatic carbocycles. The molecule has 0 saturated carbocycles. The molecule has 1 heteroatoms. The SMILES string of the molecule is C#C/C(N)=C/C=C. The van der Waals surface area contributed by atoms with Crippen LogP contribution in [0.2, 0.25) is 0 Å². The highest BCUT2D eigenvalue weighted by Crippen LogP contribution is 1.76. The van der Waals surface area contributed by atoms with Crippen LogP contribution in [0, 0.1) is 12.3 Å². The van der Waals surface area contributed by atoms with Crippen molar-refractivity contribution in [3.8, 4) is 12.3 Å². The molecular weight excluding hydrogens is 86.1 g/mol. The zero-order valence-corrected chi connectivity index (χ0v) is 4.02. The van der Waals surface area contributed by atoms with E-state index in [-0.39, 0.29) is 0 Å². The third-order valence-electron chi connectivity index (χ3n) is 0.464. The van der Waals surface area contributed by atoms with E-state index in [1.165, 1.54) is 0 Å². The summed E-state index contributed by atoms with van der Waals surface area (Å²) in [4.78, 5) is 0. The minimum absolute atomic E-state index is 0.412. The van der Waals surface area contributed by atoms with E-state index >= 15 is 0 Å². The monoisotopic (exact) mass is 93.1 g/mol. The van der Waals surface area contributed by atoms with Gasteiger partial charge in [0, 0.05) is 0 Å². The Labute approximate surface area is 43.5 Å². The molecule has 0 aromatic rings. The molecule has 0 spiro atoms. The second-order valence-corrected chi connectivity index (χ2v) is 1.00. The summed E-state index contributed by atoms with van der Waals surface area (Å²) in [7, 11) is 0. The summed E-state index contributed by atoms with van der Waals surface area (Å²) in [5.41, 5.74) is 5.55. The highest BCUT2D eigenvalue weighted by atomic mass is 14.5. The van der Waals surface area contributed by atoms with Gasteiger partial charge in [-0.1, -0.05) is 18.6 Å². The van der Waals surface area contributed by atoms with Crippen molar-refractivity contribution in [3.63, 3.8) is 0 Å². The maximum absolute atomic E-state index is 5.14. The van der Waals surface area contributed by atoms with Crippen LogP contribution in [0.15, 0.2) is 24.4 Å². The summed E-state index contributed by atoms with van der Waals surface area (Å²) in [6.45, 7) is 3.40. The lowest BCUT2D eigenvalue weighted by atomic mass is 10.4. The first-order chi connectivity index (χ1) is 3.31. The van der Waals surface area contributed by atoms with Gasteiger partial charge < -0.3 is 5.73 Å². The van der Waals surface area contributed by atoms with Crippen molar-refractivity contribution >= 4 is 0 Å². The number of terminal acetylenes is 1. The van der Waals surface area contributed by atoms with Crippen LogP contribution in [0.4, 0.5) is 0 Å². The van der Waals surface area contributed by atoms with E-state index in [4.69, 9.17) is 12.2 Å². The van der Waals surface area contributed by atoms with Gasteiger partial charge in [0.15, 0.2) is 0 Å². The van der Waals surface area contributed by atoms with E-state index in [2.05, 4.69) is 12.5 Å². The van der Waals surface area contributed by atoms with Gasteiger partial charge in [0.25, 0.3) is 0 Å². The molecule has 0 heterocycles. The Hall–Kier alpha value is -1.16. The number of hydrogen-bond donors (Lipinski definition) is 1. The predicted molar refractivity (Wildman–Crippen MR) is 31.3 cm³/mol. The fourth-order valence-electron chi connectivity index (χ4n) is 0.175. The molecule has 0 rings (SSSR count). The van der Waals surface area contributed by atoms with Gasteiger partial charge in [-0.05, 0) is 6.08 Å². The summed E-state index contributed by atoms with van der Waals surface area (Å²) in [5, 5.41) is 0. The standard InChI is InChI=1S/C6H7N/c1-3-5-6(7)4-2/h2-3,5H,1,7H2/b6-5-. The average molecular weight is 93.1 g/mol. The van der Waals surface area contributed by atoms with E-state index < -0.39 is 0 Å². The summed E-state index contributed by atoms with van der Waals surface area (Å²) < 4.78 is 0. The molecule has 0 saturated heterocycles. The summed E-state index contributed by atoms with van der Waals surface area (Å²) in [6.07, 6.45) is 7.99. The predicted octanol–water partition coefficient (Wildman–Crippen LogP) is 0.648. The Morgan fingerprint density at radius 1 is 1.86 bits per heavy atom. The normalized spacial score (nSPS) is 9.86. The smallest absolute Gasteiger partial charge is 0.0824 e. The lowest BCUT2D eigenvalue weighted by Crippen LogP contribution is -1.90. The van der Waals surface area contributed by atoms with Crippen molar-refractivity contribution in [2.45, 2.75) is 0 Å². The molecule has 0 amide bonds. The van der Waals surface area contributed by atoms with Crippen LogP contribution in [0.5, 0.6) is 0 Å². The molecule has 2 N–H and O–H groups in total. The van der Waals surface area contributed by atoms with Gasteiger partial charge in [0.1, 0.15) is 0 Å². The lowest BCUT2D eigenvalue weighted by Gasteiger charge is -1.78. The van der Waals surface area contributed by atoms with Crippen LogP contribution in [0.1, 0.15) is 0 Å². The maximum atomic E-state index is 5.14. The van der Waals surface area contributed by atoms with E-state index in [1.807, 2.05) is 0 Å². The number of rotatable bonds is 1. The third kappa shape index (κ3) is 2.65. The van der Waals surface area contributed by atoms with E-state index in [0.717, 1.165) is 0 Å². The summed E-state index contributed by atoms with van der Waals surface area (Å²) in [5.74, 6) is 2.23. The van der Waals surface area contributed by atoms with Gasteiger partial charge in [-0.15, -0.1) is 6.42 Å². The van der Waals surface area contributed by atoms with Crippen molar-refractivity contribution in [3.05, 3.63) is 24.4 Å². The highest BCUT2D eigenvalue weighted by molar-refractivity contribution is 5.24. The second-order valence-electron chi connectivity index (χ2n) is 1.00. The minimum atomic E-state index is 0.412. The largest absolute Gasteiger partial charge is 0.392 e. The van der Waals surface area contributed by atoms with Gasteiger partial charge in [0.05, 0.1) is 5.70 Å². The van der Waals surface area contributed by atoms with Gasteiger partial charge >= 0.3 is 0 Å². The zero-order chi connectivity index (χ0) is 5.70. The summed E-state index contributed by atoms with van der Waals surface area (Å²) in [6, 6.07) is 0. The first-order valence-corrected chi connectivity index (χ1v) is 1.86. The first-order valence-electron chi connectivity index (χ1n) is 1.86. The maximum Gasteiger partial charge on any atom is 0.0824 e. The third-order valence-corrected chi connectivity index (χ3v) is 0.464. The minimum Gasteiger partial charge on any atom is -0.392 e. The van der Waals surface area contributed by atoms with E-state index in [0.29, 0.717) is 5.70 Å². The van der Waals surface area contributed by atoms with E-state index in [1.54, 1.807) is 12.2 Å². The second kappa shape index (κ2) is 3.05. The molecule has 0 aromatic heterocycles. The molecule has 7 heavy (non-hydrogen) atoms. The van der Waals surface area contributed by atoms with Gasteiger partial charge in [-0.25, -0.2) is 0 Å². The fourth-order valence-corrected chi connectivity index (χ4v) is 0.175. The molecule has 0 aromatic carbocycles. The Morgan fingerprint density at radius 2 is 2.43 bits per heavy atom. The van der Waals surface area contributed by atoms with Crippen molar-refractivity contribution in [1.82, 2.24) is 0 Å². The molecule has 0 bridgehead atoms. The molecule has 0 unspecified atom stereocenters. The average Bonchev–Trinajstić information content (AvgIpc) is 1.68. The number of nitrogens with two attached hydrogens (primary N) is 1. The van der Waals surface area contributed by atoms with Crippen LogP contribution in [-0.2, 0) is 0 Å². The van der Waals surface area contributed by atoms with Crippen LogP contribution < -0.4 is 5.73 Å². The quantitative estimate of drug-likeness (QED) is 0.374. The molecular formula is C6H7N. The Morgan fingerprint density at radius 3 is 2.57 bits per heavy atom. The van der Waals surface area contributed by atoms with Crippen LogP contribution in [0.25, 0.3) is 0 Å². The molecule has 1 nitrogen and oxygen atoms in total. The lowest BCUT2D eigenvalue weighted by molar-refractivity contribution is 1.47. The van der Waals surface area contributed by atoms with Crippen molar-refractivity contribution in [2.75, 3.05) is 0 Å². The van der Waals surface area contributed by atoms with Crippen molar-refractivity contribution in [1.29, 1.82) is 0 Å². The molecule has 0 aliphatic heterocycles. The molecule has 0 radical (unpaired) electrons. The first kappa shape index (κ1) is 5.84. The van der Waals surface area contributed by atoms with Crippen LogP contribution in [-0.4, -0.2) is 0 Å². The van der Waals surface area contributed by atoms with Crippen LogP contribution >= 0.6 is 0 Å². The molecule has 36 valence electrons. The molecule has 0 atom stereocenters.